The normalized spacial score (nSPS) is 13.3. The van der Waals surface area contributed by atoms with Gasteiger partial charge >= 0.3 is 6.03 Å². The van der Waals surface area contributed by atoms with Crippen LogP contribution in [0.4, 0.5) is 16.2 Å². The summed E-state index contributed by atoms with van der Waals surface area (Å²) in [5.41, 5.74) is 1.25. The summed E-state index contributed by atoms with van der Waals surface area (Å²) in [5, 5.41) is 8.55. The van der Waals surface area contributed by atoms with Gasteiger partial charge in [-0.15, -0.1) is 0 Å². The molecule has 31 heavy (non-hydrogen) atoms. The van der Waals surface area contributed by atoms with Gasteiger partial charge in [-0.2, -0.15) is 5.10 Å². The minimum atomic E-state index is -0.325. The number of carbonyl (C=O) groups excluding carboxylic acids is 1. The van der Waals surface area contributed by atoms with Crippen LogP contribution in [-0.4, -0.2) is 27.9 Å². The Kier molecular flexibility index (Phi) is 6.63. The van der Waals surface area contributed by atoms with Gasteiger partial charge in [-0.1, -0.05) is 29.6 Å². The molecule has 1 N–H and O–H groups in total. The molecule has 1 aliphatic heterocycles. The largest absolute Gasteiger partial charge is 0.495 e. The van der Waals surface area contributed by atoms with Crippen LogP contribution in [0.15, 0.2) is 42.5 Å². The first-order chi connectivity index (χ1) is 15.0. The van der Waals surface area contributed by atoms with Crippen molar-refractivity contribution in [3.05, 3.63) is 64.2 Å². The third kappa shape index (κ3) is 5.11. The number of carbonyl (C=O) groups is 1. The van der Waals surface area contributed by atoms with Crippen LogP contribution in [0.3, 0.4) is 0 Å². The number of aryl methyl sites for hydroxylation is 2. The van der Waals surface area contributed by atoms with Crippen LogP contribution in [0.25, 0.3) is 0 Å². The highest BCUT2D eigenvalue weighted by molar-refractivity contribution is 6.32. The molecule has 2 amide bonds. The molecule has 0 unspecified atom stereocenters. The van der Waals surface area contributed by atoms with Crippen molar-refractivity contribution >= 4 is 40.6 Å². The average molecular weight is 460 g/mol. The Bertz CT molecular complexity index is 1040. The maximum atomic E-state index is 13.2. The number of nitrogens with one attached hydrogen (secondary N) is 1. The molecule has 0 atom stereocenters. The maximum absolute atomic E-state index is 13.2. The van der Waals surface area contributed by atoms with Crippen molar-refractivity contribution in [1.82, 2.24) is 14.8 Å². The number of fused-ring (bicyclic) bond motifs is 1. The molecular weight excluding hydrogens is 437 g/mol. The van der Waals surface area contributed by atoms with Crippen molar-refractivity contribution in [2.45, 2.75) is 38.8 Å². The van der Waals surface area contributed by atoms with Gasteiger partial charge < -0.3 is 10.1 Å². The smallest absolute Gasteiger partial charge is 0.326 e. The standard InChI is InChI=1S/C22H23Cl2N5O2/c1-31-19-11-10-17(13-18(19)24)28(22(30)25-16-8-6-15(23)7-9-16)14-20-26-21-5-3-2-4-12-29(21)27-20/h6-11,13H,2-5,12,14H2,1H3,(H,25,30). The van der Waals surface area contributed by atoms with E-state index in [4.69, 9.17) is 27.9 Å². The molecule has 0 bridgehead atoms. The molecule has 9 heteroatoms. The van der Waals surface area contributed by atoms with Crippen molar-refractivity contribution in [1.29, 1.82) is 0 Å². The van der Waals surface area contributed by atoms with Crippen molar-refractivity contribution in [3.63, 3.8) is 0 Å². The number of anilines is 2. The molecule has 0 saturated carbocycles. The summed E-state index contributed by atoms with van der Waals surface area (Å²) in [6, 6.07) is 11.8. The number of amides is 2. The van der Waals surface area contributed by atoms with E-state index in [-0.39, 0.29) is 12.6 Å². The molecule has 0 spiro atoms. The Morgan fingerprint density at radius 1 is 1.16 bits per heavy atom. The van der Waals surface area contributed by atoms with Crippen LogP contribution < -0.4 is 15.0 Å². The molecule has 1 aliphatic rings. The number of nitrogens with zero attached hydrogens (tertiary/aromatic N) is 4. The molecule has 0 saturated heterocycles. The summed E-state index contributed by atoms with van der Waals surface area (Å²) < 4.78 is 7.20. The van der Waals surface area contributed by atoms with Gasteiger partial charge in [0, 0.05) is 29.4 Å². The number of hydrogen-bond donors (Lipinski definition) is 1. The van der Waals surface area contributed by atoms with E-state index < -0.39 is 0 Å². The molecular formula is C22H23Cl2N5O2. The molecule has 2 aromatic carbocycles. The fraction of sp³-hybridized carbons (Fsp3) is 0.318. The number of rotatable bonds is 5. The molecule has 3 aromatic rings. The summed E-state index contributed by atoms with van der Waals surface area (Å²) in [6.07, 6.45) is 4.27. The van der Waals surface area contributed by atoms with E-state index in [1.807, 2.05) is 4.68 Å². The summed E-state index contributed by atoms with van der Waals surface area (Å²) >= 11 is 12.3. The molecule has 1 aromatic heterocycles. The minimum absolute atomic E-state index is 0.210. The fourth-order valence-corrected chi connectivity index (χ4v) is 3.93. The highest BCUT2D eigenvalue weighted by Crippen LogP contribution is 2.30. The molecule has 0 aliphatic carbocycles. The lowest BCUT2D eigenvalue weighted by atomic mass is 10.2. The number of hydrogen-bond acceptors (Lipinski definition) is 4. The quantitative estimate of drug-likeness (QED) is 0.541. The first-order valence-electron chi connectivity index (χ1n) is 10.1. The Labute approximate surface area is 190 Å². The van der Waals surface area contributed by atoms with E-state index in [2.05, 4.69) is 15.4 Å². The van der Waals surface area contributed by atoms with Crippen LogP contribution in [0.2, 0.25) is 10.0 Å². The Morgan fingerprint density at radius 3 is 2.71 bits per heavy atom. The number of aromatic nitrogens is 3. The summed E-state index contributed by atoms with van der Waals surface area (Å²) in [7, 11) is 1.55. The van der Waals surface area contributed by atoms with Crippen LogP contribution in [0.5, 0.6) is 5.75 Å². The van der Waals surface area contributed by atoms with Gasteiger partial charge in [-0.25, -0.2) is 14.5 Å². The minimum Gasteiger partial charge on any atom is -0.495 e. The zero-order valence-corrected chi connectivity index (χ0v) is 18.7. The SMILES string of the molecule is COc1ccc(N(Cc2nc3n(n2)CCCCC3)C(=O)Nc2ccc(Cl)cc2)cc1Cl. The van der Waals surface area contributed by atoms with E-state index in [1.54, 1.807) is 54.5 Å². The Hall–Kier alpha value is -2.77. The van der Waals surface area contributed by atoms with Crippen molar-refractivity contribution < 1.29 is 9.53 Å². The number of halogens is 2. The number of benzene rings is 2. The van der Waals surface area contributed by atoms with Gasteiger partial charge in [0.1, 0.15) is 11.6 Å². The van der Waals surface area contributed by atoms with E-state index in [1.165, 1.54) is 6.42 Å². The fourth-order valence-electron chi connectivity index (χ4n) is 3.55. The van der Waals surface area contributed by atoms with Gasteiger partial charge in [-0.05, 0) is 55.3 Å². The topological polar surface area (TPSA) is 72.3 Å². The highest BCUT2D eigenvalue weighted by atomic mass is 35.5. The Morgan fingerprint density at radius 2 is 1.97 bits per heavy atom. The van der Waals surface area contributed by atoms with E-state index in [9.17, 15) is 4.79 Å². The summed E-state index contributed by atoms with van der Waals surface area (Å²) in [6.45, 7) is 1.07. The predicted octanol–water partition coefficient (Wildman–Crippen LogP) is 5.56. The highest BCUT2D eigenvalue weighted by Gasteiger charge is 2.22. The van der Waals surface area contributed by atoms with Gasteiger partial charge in [0.15, 0.2) is 5.82 Å². The lowest BCUT2D eigenvalue weighted by Gasteiger charge is -2.22. The van der Waals surface area contributed by atoms with Gasteiger partial charge in [0.05, 0.1) is 18.7 Å². The first-order valence-corrected chi connectivity index (χ1v) is 10.9. The van der Waals surface area contributed by atoms with Gasteiger partial charge in [0.2, 0.25) is 0 Å². The number of ether oxygens (including phenoxy) is 1. The second kappa shape index (κ2) is 9.58. The lowest BCUT2D eigenvalue weighted by molar-refractivity contribution is 0.256. The monoisotopic (exact) mass is 459 g/mol. The Balaban J connectivity index is 1.62. The third-order valence-electron chi connectivity index (χ3n) is 5.15. The van der Waals surface area contributed by atoms with Crippen molar-refractivity contribution in [3.8, 4) is 5.75 Å². The average Bonchev–Trinajstić information content (AvgIpc) is 3.02. The van der Waals surface area contributed by atoms with Crippen LogP contribution in [0.1, 0.15) is 30.9 Å². The second-order valence-corrected chi connectivity index (χ2v) is 8.16. The maximum Gasteiger partial charge on any atom is 0.326 e. The molecule has 2 heterocycles. The van der Waals surface area contributed by atoms with Crippen molar-refractivity contribution in [2.75, 3.05) is 17.3 Å². The molecule has 0 fully saturated rings. The first kappa shape index (κ1) is 21.5. The molecule has 4 rings (SSSR count). The zero-order chi connectivity index (χ0) is 21.8. The van der Waals surface area contributed by atoms with Crippen molar-refractivity contribution in [2.24, 2.45) is 0 Å². The van der Waals surface area contributed by atoms with E-state index in [0.29, 0.717) is 33.0 Å². The molecule has 7 nitrogen and oxygen atoms in total. The van der Waals surface area contributed by atoms with Crippen LogP contribution in [-0.2, 0) is 19.5 Å². The van der Waals surface area contributed by atoms with Gasteiger partial charge in [0.25, 0.3) is 0 Å². The molecule has 0 radical (unpaired) electrons. The molecule has 162 valence electrons. The predicted molar refractivity (Wildman–Crippen MR) is 122 cm³/mol. The zero-order valence-electron chi connectivity index (χ0n) is 17.1. The second-order valence-electron chi connectivity index (χ2n) is 7.32. The number of methoxy groups -OCH3 is 1. The summed E-state index contributed by atoms with van der Waals surface area (Å²) in [5.74, 6) is 2.10. The van der Waals surface area contributed by atoms with E-state index >= 15 is 0 Å². The number of urea groups is 1. The third-order valence-corrected chi connectivity index (χ3v) is 5.70. The summed E-state index contributed by atoms with van der Waals surface area (Å²) in [4.78, 5) is 19.5. The van der Waals surface area contributed by atoms with Crippen LogP contribution >= 0.6 is 23.2 Å². The van der Waals surface area contributed by atoms with E-state index in [0.717, 1.165) is 31.6 Å². The van der Waals surface area contributed by atoms with Gasteiger partial charge in [-0.3, -0.25) is 4.90 Å². The lowest BCUT2D eigenvalue weighted by Crippen LogP contribution is -2.35. The van der Waals surface area contributed by atoms with Crippen LogP contribution in [0, 0.1) is 0 Å².